The lowest BCUT2D eigenvalue weighted by molar-refractivity contribution is 0.417. The van der Waals surface area contributed by atoms with Crippen LogP contribution in [-0.4, -0.2) is 11.0 Å². The van der Waals surface area contributed by atoms with E-state index in [0.717, 1.165) is 0 Å². The van der Waals surface area contributed by atoms with Crippen LogP contribution in [0.5, 0.6) is 11.6 Å². The summed E-state index contributed by atoms with van der Waals surface area (Å²) in [5, 5.41) is 3.81. The molecule has 3 nitrogen and oxygen atoms in total. The number of halogens is 2. The molecule has 1 aromatic carbocycles. The number of nitrogens with zero attached hydrogens (tertiary/aromatic N) is 1. The number of nitrogens with one attached hydrogen (secondary N) is 1. The Morgan fingerprint density at radius 3 is 2.95 bits per heavy atom. The smallest absolute Gasteiger partial charge is 0.256 e. The van der Waals surface area contributed by atoms with Gasteiger partial charge in [0, 0.05) is 29.4 Å². The van der Waals surface area contributed by atoms with Crippen molar-refractivity contribution in [1.82, 2.24) is 10.3 Å². The highest BCUT2D eigenvalue weighted by atomic mass is 35.5. The normalized spacial score (nSPS) is 14.3. The molecule has 1 aromatic heterocycles. The molecule has 0 spiro atoms. The maximum Gasteiger partial charge on any atom is 0.256 e. The zero-order chi connectivity index (χ0) is 13.9. The molecule has 0 atom stereocenters. The highest BCUT2D eigenvalue weighted by molar-refractivity contribution is 6.30. The standard InChI is InChI=1S/C15H14ClFN2O/c16-11-2-1-3-13(8-11)20-15-14(17)10(6-7-18-15)9-19-12-4-5-12/h1-3,6-8,12,19H,4-5,9H2. The van der Waals surface area contributed by atoms with Gasteiger partial charge in [0.25, 0.3) is 5.88 Å². The molecule has 1 N–H and O–H groups in total. The van der Waals surface area contributed by atoms with E-state index in [9.17, 15) is 4.39 Å². The summed E-state index contributed by atoms with van der Waals surface area (Å²) in [7, 11) is 0. The quantitative estimate of drug-likeness (QED) is 0.907. The maximum absolute atomic E-state index is 14.3. The van der Waals surface area contributed by atoms with Gasteiger partial charge in [-0.05, 0) is 37.1 Å². The topological polar surface area (TPSA) is 34.2 Å². The second-order valence-corrected chi connectivity index (χ2v) is 5.24. The van der Waals surface area contributed by atoms with Gasteiger partial charge in [0.05, 0.1) is 0 Å². The molecule has 1 aliphatic carbocycles. The van der Waals surface area contributed by atoms with Crippen LogP contribution in [0, 0.1) is 5.82 Å². The molecule has 20 heavy (non-hydrogen) atoms. The highest BCUT2D eigenvalue weighted by Gasteiger charge is 2.21. The van der Waals surface area contributed by atoms with Crippen LogP contribution < -0.4 is 10.1 Å². The number of hydrogen-bond donors (Lipinski definition) is 1. The van der Waals surface area contributed by atoms with Crippen molar-refractivity contribution in [3.05, 3.63) is 52.9 Å². The Morgan fingerprint density at radius 1 is 1.35 bits per heavy atom. The molecule has 0 amide bonds. The predicted octanol–water partition coefficient (Wildman–Crippen LogP) is 3.92. The van der Waals surface area contributed by atoms with Gasteiger partial charge in [-0.1, -0.05) is 17.7 Å². The Morgan fingerprint density at radius 2 is 2.20 bits per heavy atom. The molecule has 1 fully saturated rings. The van der Waals surface area contributed by atoms with Crippen molar-refractivity contribution in [3.63, 3.8) is 0 Å². The molecule has 1 aliphatic rings. The summed E-state index contributed by atoms with van der Waals surface area (Å²) < 4.78 is 19.7. The van der Waals surface area contributed by atoms with E-state index in [1.54, 1.807) is 36.5 Å². The molecule has 0 unspecified atom stereocenters. The van der Waals surface area contributed by atoms with Crippen molar-refractivity contribution in [3.8, 4) is 11.6 Å². The van der Waals surface area contributed by atoms with Crippen LogP contribution in [0.1, 0.15) is 18.4 Å². The Labute approximate surface area is 121 Å². The van der Waals surface area contributed by atoms with Gasteiger partial charge < -0.3 is 10.1 Å². The van der Waals surface area contributed by atoms with E-state index in [-0.39, 0.29) is 5.88 Å². The molecule has 1 heterocycles. The third-order valence-corrected chi connectivity index (χ3v) is 3.34. The Kier molecular flexibility index (Phi) is 3.85. The molecule has 2 aromatic rings. The van der Waals surface area contributed by atoms with Crippen molar-refractivity contribution < 1.29 is 9.13 Å². The van der Waals surface area contributed by atoms with Gasteiger partial charge in [0.2, 0.25) is 0 Å². The monoisotopic (exact) mass is 292 g/mol. The maximum atomic E-state index is 14.3. The number of hydrogen-bond acceptors (Lipinski definition) is 3. The van der Waals surface area contributed by atoms with E-state index in [4.69, 9.17) is 16.3 Å². The highest BCUT2D eigenvalue weighted by Crippen LogP contribution is 2.26. The zero-order valence-electron chi connectivity index (χ0n) is 10.8. The Hall–Kier alpha value is -1.65. The minimum absolute atomic E-state index is 0.0256. The zero-order valence-corrected chi connectivity index (χ0v) is 11.5. The van der Waals surface area contributed by atoms with E-state index < -0.39 is 5.82 Å². The average molecular weight is 293 g/mol. The Balaban J connectivity index is 1.76. The van der Waals surface area contributed by atoms with Crippen LogP contribution in [0.25, 0.3) is 0 Å². The van der Waals surface area contributed by atoms with E-state index in [2.05, 4.69) is 10.3 Å². The first-order valence-electron chi connectivity index (χ1n) is 6.52. The summed E-state index contributed by atoms with van der Waals surface area (Å²) in [5.41, 5.74) is 0.559. The van der Waals surface area contributed by atoms with Crippen molar-refractivity contribution in [2.45, 2.75) is 25.4 Å². The van der Waals surface area contributed by atoms with E-state index >= 15 is 0 Å². The van der Waals surface area contributed by atoms with Crippen LogP contribution in [0.15, 0.2) is 36.5 Å². The average Bonchev–Trinajstić information content (AvgIpc) is 3.24. The number of pyridine rings is 1. The van der Waals surface area contributed by atoms with Crippen molar-refractivity contribution in [1.29, 1.82) is 0 Å². The Bertz CT molecular complexity index is 617. The lowest BCUT2D eigenvalue weighted by Crippen LogP contribution is -2.16. The molecule has 1 saturated carbocycles. The first-order valence-corrected chi connectivity index (χ1v) is 6.90. The molecular weight excluding hydrogens is 279 g/mol. The molecule has 5 heteroatoms. The summed E-state index contributed by atoms with van der Waals surface area (Å²) in [4.78, 5) is 3.94. The van der Waals surface area contributed by atoms with Gasteiger partial charge in [-0.25, -0.2) is 9.37 Å². The second kappa shape index (κ2) is 5.77. The predicted molar refractivity (Wildman–Crippen MR) is 75.6 cm³/mol. The molecular formula is C15H14ClFN2O. The minimum Gasteiger partial charge on any atom is -0.436 e. The van der Waals surface area contributed by atoms with Crippen molar-refractivity contribution >= 4 is 11.6 Å². The fraction of sp³-hybridized carbons (Fsp3) is 0.267. The molecule has 3 rings (SSSR count). The van der Waals surface area contributed by atoms with E-state index in [1.807, 2.05) is 0 Å². The molecule has 0 radical (unpaired) electrons. The molecule has 104 valence electrons. The third-order valence-electron chi connectivity index (χ3n) is 3.11. The second-order valence-electron chi connectivity index (χ2n) is 4.80. The summed E-state index contributed by atoms with van der Waals surface area (Å²) in [5.74, 6) is 0.0131. The fourth-order valence-electron chi connectivity index (χ4n) is 1.85. The van der Waals surface area contributed by atoms with Crippen molar-refractivity contribution in [2.75, 3.05) is 0 Å². The van der Waals surface area contributed by atoms with Gasteiger partial charge in [0.1, 0.15) is 5.75 Å². The first kappa shape index (κ1) is 13.3. The number of rotatable bonds is 5. The summed E-state index contributed by atoms with van der Waals surface area (Å²) in [6.45, 7) is 0.491. The van der Waals surface area contributed by atoms with Crippen LogP contribution in [0.3, 0.4) is 0 Å². The van der Waals surface area contributed by atoms with Crippen molar-refractivity contribution in [2.24, 2.45) is 0 Å². The molecule has 0 bridgehead atoms. The van der Waals surface area contributed by atoms with Gasteiger partial charge in [-0.2, -0.15) is 0 Å². The molecule has 0 saturated heterocycles. The van der Waals surface area contributed by atoms with Gasteiger partial charge in [0.15, 0.2) is 5.82 Å². The first-order chi connectivity index (χ1) is 9.72. The lowest BCUT2D eigenvalue weighted by Gasteiger charge is -2.09. The summed E-state index contributed by atoms with van der Waals surface area (Å²) >= 11 is 5.87. The van der Waals surface area contributed by atoms with Crippen LogP contribution in [0.4, 0.5) is 4.39 Å². The van der Waals surface area contributed by atoms with Gasteiger partial charge in [-0.3, -0.25) is 0 Å². The SMILES string of the molecule is Fc1c(CNC2CC2)ccnc1Oc1cccc(Cl)c1. The third kappa shape index (κ3) is 3.26. The van der Waals surface area contributed by atoms with Crippen LogP contribution >= 0.6 is 11.6 Å². The molecule has 0 aliphatic heterocycles. The van der Waals surface area contributed by atoms with Crippen LogP contribution in [0.2, 0.25) is 5.02 Å². The number of aromatic nitrogens is 1. The number of ether oxygens (including phenoxy) is 1. The number of benzene rings is 1. The largest absolute Gasteiger partial charge is 0.436 e. The van der Waals surface area contributed by atoms with Gasteiger partial charge in [-0.15, -0.1) is 0 Å². The minimum atomic E-state index is -0.430. The summed E-state index contributed by atoms with van der Waals surface area (Å²) in [6.07, 6.45) is 3.88. The van der Waals surface area contributed by atoms with Crippen LogP contribution in [-0.2, 0) is 6.54 Å². The lowest BCUT2D eigenvalue weighted by atomic mass is 10.2. The fourth-order valence-corrected chi connectivity index (χ4v) is 2.03. The van der Waals surface area contributed by atoms with E-state index in [1.165, 1.54) is 12.8 Å². The van der Waals surface area contributed by atoms with E-state index in [0.29, 0.717) is 28.9 Å². The van der Waals surface area contributed by atoms with Gasteiger partial charge >= 0.3 is 0 Å². The summed E-state index contributed by atoms with van der Waals surface area (Å²) in [6, 6.07) is 9.00.